The maximum atomic E-state index is 9.76. The molecule has 7 rings (SSSR count). The van der Waals surface area contributed by atoms with E-state index in [1.165, 1.54) is 25.6 Å². The second kappa shape index (κ2) is 7.82. The highest BCUT2D eigenvalue weighted by Crippen LogP contribution is 2.39. The van der Waals surface area contributed by atoms with Crippen LogP contribution in [0.3, 0.4) is 0 Å². The highest BCUT2D eigenvalue weighted by molar-refractivity contribution is 7.25. The van der Waals surface area contributed by atoms with E-state index in [0.717, 1.165) is 27.7 Å². The Balaban J connectivity index is 1.57. The molecule has 0 spiro atoms. The van der Waals surface area contributed by atoms with Gasteiger partial charge in [0.2, 0.25) is 0 Å². The van der Waals surface area contributed by atoms with Crippen molar-refractivity contribution in [2.45, 2.75) is 0 Å². The predicted molar refractivity (Wildman–Crippen MR) is 149 cm³/mol. The Hall–Kier alpha value is -4.90. The van der Waals surface area contributed by atoms with Gasteiger partial charge in [-0.1, -0.05) is 54.6 Å². The summed E-state index contributed by atoms with van der Waals surface area (Å²) in [6.45, 7) is 0. The number of fused-ring (bicyclic) bond motifs is 6. The molecule has 0 aliphatic carbocycles. The van der Waals surface area contributed by atoms with Crippen molar-refractivity contribution in [3.05, 3.63) is 114 Å². The first kappa shape index (κ1) is 20.5. The number of rotatable bonds is 2. The van der Waals surface area contributed by atoms with E-state index >= 15 is 0 Å². The van der Waals surface area contributed by atoms with Crippen molar-refractivity contribution in [2.24, 2.45) is 0 Å². The second-order valence-electron chi connectivity index (χ2n) is 8.81. The van der Waals surface area contributed by atoms with Crippen molar-refractivity contribution in [2.75, 3.05) is 0 Å². The molecular weight excluding hydrogens is 458 g/mol. The van der Waals surface area contributed by atoms with Crippen molar-refractivity contribution < 1.29 is 0 Å². The fraction of sp³-hybridized carbons (Fsp3) is 0. The maximum absolute atomic E-state index is 9.76. The summed E-state index contributed by atoms with van der Waals surface area (Å²) in [6.07, 6.45) is 0. The molecule has 7 aromatic rings. The summed E-state index contributed by atoms with van der Waals surface area (Å²) in [7, 11) is 0. The molecule has 0 unspecified atom stereocenters. The fourth-order valence-electron chi connectivity index (χ4n) is 5.31. The van der Waals surface area contributed by atoms with Gasteiger partial charge in [-0.3, -0.25) is 0 Å². The molecular formula is C32H17N3S. The minimum absolute atomic E-state index is 0.502. The highest BCUT2D eigenvalue weighted by Gasteiger charge is 2.17. The maximum Gasteiger partial charge on any atom is 0.0998 e. The molecule has 0 amide bonds. The molecule has 0 saturated carbocycles. The van der Waals surface area contributed by atoms with Gasteiger partial charge in [0.1, 0.15) is 0 Å². The molecule has 0 aliphatic heterocycles. The zero-order valence-corrected chi connectivity index (χ0v) is 19.9. The van der Waals surface area contributed by atoms with Crippen LogP contribution in [0.2, 0.25) is 0 Å². The van der Waals surface area contributed by atoms with Gasteiger partial charge in [0.05, 0.1) is 34.3 Å². The number of nitrogens with zero attached hydrogens (tertiary/aromatic N) is 3. The third kappa shape index (κ3) is 2.89. The Morgan fingerprint density at radius 2 is 1.25 bits per heavy atom. The summed E-state index contributed by atoms with van der Waals surface area (Å²) in [6, 6.07) is 39.7. The van der Waals surface area contributed by atoms with Gasteiger partial charge in [-0.05, 0) is 54.1 Å². The molecule has 2 heterocycles. The van der Waals surface area contributed by atoms with E-state index in [-0.39, 0.29) is 0 Å². The first-order chi connectivity index (χ1) is 17.8. The van der Waals surface area contributed by atoms with Gasteiger partial charge in [-0.25, -0.2) is 0 Å². The summed E-state index contributed by atoms with van der Waals surface area (Å²) < 4.78 is 4.84. The molecule has 0 atom stereocenters. The Morgan fingerprint density at radius 1 is 0.556 bits per heavy atom. The summed E-state index contributed by atoms with van der Waals surface area (Å²) in [5.41, 5.74) is 5.80. The molecule has 0 saturated heterocycles. The third-order valence-electron chi connectivity index (χ3n) is 6.89. The lowest BCUT2D eigenvalue weighted by atomic mass is 9.94. The van der Waals surface area contributed by atoms with E-state index in [1.54, 1.807) is 18.2 Å². The van der Waals surface area contributed by atoms with Gasteiger partial charge >= 0.3 is 0 Å². The molecule has 166 valence electrons. The van der Waals surface area contributed by atoms with E-state index in [0.29, 0.717) is 16.7 Å². The van der Waals surface area contributed by atoms with Gasteiger partial charge in [0, 0.05) is 42.2 Å². The van der Waals surface area contributed by atoms with Crippen molar-refractivity contribution in [3.63, 3.8) is 0 Å². The SMILES string of the molecule is N#Cc1cccc(C#N)c1-c1ccc2c3ccccc3n(-c3ccc4sc5ccccc5c4c3)c2c1. The van der Waals surface area contributed by atoms with Crippen LogP contribution in [-0.4, -0.2) is 4.57 Å². The first-order valence-corrected chi connectivity index (χ1v) is 12.5. The van der Waals surface area contributed by atoms with Crippen molar-refractivity contribution in [1.82, 2.24) is 4.57 Å². The quantitative estimate of drug-likeness (QED) is 0.251. The first-order valence-electron chi connectivity index (χ1n) is 11.7. The number of benzene rings is 5. The fourth-order valence-corrected chi connectivity index (χ4v) is 6.39. The van der Waals surface area contributed by atoms with Crippen LogP contribution in [-0.2, 0) is 0 Å². The molecule has 5 aromatic carbocycles. The normalized spacial score (nSPS) is 11.3. The minimum atomic E-state index is 0.502. The summed E-state index contributed by atoms with van der Waals surface area (Å²) >= 11 is 1.81. The third-order valence-corrected chi connectivity index (χ3v) is 8.04. The van der Waals surface area contributed by atoms with Crippen LogP contribution in [0.15, 0.2) is 103 Å². The van der Waals surface area contributed by atoms with E-state index in [1.807, 2.05) is 17.4 Å². The lowest BCUT2D eigenvalue weighted by Gasteiger charge is -2.11. The van der Waals surface area contributed by atoms with E-state index in [2.05, 4.69) is 95.6 Å². The Morgan fingerprint density at radius 3 is 2.06 bits per heavy atom. The van der Waals surface area contributed by atoms with Gasteiger partial charge < -0.3 is 4.57 Å². The molecule has 2 aromatic heterocycles. The van der Waals surface area contributed by atoms with Crippen LogP contribution in [0.4, 0.5) is 0 Å². The van der Waals surface area contributed by atoms with Crippen molar-refractivity contribution in [1.29, 1.82) is 10.5 Å². The van der Waals surface area contributed by atoms with Gasteiger partial charge in [-0.15, -0.1) is 11.3 Å². The lowest BCUT2D eigenvalue weighted by Crippen LogP contribution is -1.94. The molecule has 36 heavy (non-hydrogen) atoms. The minimum Gasteiger partial charge on any atom is -0.309 e. The molecule has 3 nitrogen and oxygen atoms in total. The van der Waals surface area contributed by atoms with Crippen LogP contribution >= 0.6 is 11.3 Å². The second-order valence-corrected chi connectivity index (χ2v) is 9.90. The lowest BCUT2D eigenvalue weighted by molar-refractivity contribution is 1.19. The highest BCUT2D eigenvalue weighted by atomic mass is 32.1. The molecule has 0 bridgehead atoms. The molecule has 0 fully saturated rings. The van der Waals surface area contributed by atoms with E-state index < -0.39 is 0 Å². The monoisotopic (exact) mass is 475 g/mol. The van der Waals surface area contributed by atoms with E-state index in [4.69, 9.17) is 0 Å². The zero-order chi connectivity index (χ0) is 24.2. The smallest absolute Gasteiger partial charge is 0.0998 e. The zero-order valence-electron chi connectivity index (χ0n) is 19.1. The molecule has 4 heteroatoms. The summed E-state index contributed by atoms with van der Waals surface area (Å²) in [5, 5.41) is 24.3. The number of aromatic nitrogens is 1. The van der Waals surface area contributed by atoms with Crippen LogP contribution in [0.5, 0.6) is 0 Å². The van der Waals surface area contributed by atoms with Gasteiger partial charge in [0.15, 0.2) is 0 Å². The summed E-state index contributed by atoms with van der Waals surface area (Å²) in [5.74, 6) is 0. The number of para-hydroxylation sites is 1. The topological polar surface area (TPSA) is 52.5 Å². The van der Waals surface area contributed by atoms with Gasteiger partial charge in [-0.2, -0.15) is 10.5 Å². The van der Waals surface area contributed by atoms with Gasteiger partial charge in [0.25, 0.3) is 0 Å². The molecule has 0 radical (unpaired) electrons. The molecule has 0 N–H and O–H groups in total. The number of thiophene rings is 1. The van der Waals surface area contributed by atoms with Crippen LogP contribution < -0.4 is 0 Å². The van der Waals surface area contributed by atoms with Crippen LogP contribution in [0, 0.1) is 22.7 Å². The number of hydrogen-bond acceptors (Lipinski definition) is 3. The Bertz CT molecular complexity index is 2050. The average Bonchev–Trinajstić information content (AvgIpc) is 3.47. The van der Waals surface area contributed by atoms with E-state index in [9.17, 15) is 10.5 Å². The standard InChI is InChI=1S/C32H17N3S/c33-18-21-6-5-7-22(19-34)32(21)20-12-14-25-24-8-1-3-10-28(24)35(29(25)16-20)23-13-15-31-27(17-23)26-9-2-4-11-30(26)36-31/h1-17H. The predicted octanol–water partition coefficient (Wildman–Crippen LogP) is 8.56. The number of hydrogen-bond donors (Lipinski definition) is 0. The summed E-state index contributed by atoms with van der Waals surface area (Å²) in [4.78, 5) is 0. The largest absolute Gasteiger partial charge is 0.309 e. The van der Waals surface area contributed by atoms with Crippen LogP contribution in [0.1, 0.15) is 11.1 Å². The Labute approximate surface area is 211 Å². The average molecular weight is 476 g/mol. The number of nitriles is 2. The van der Waals surface area contributed by atoms with Crippen molar-refractivity contribution >= 4 is 53.3 Å². The Kier molecular flexibility index (Phi) is 4.45. The van der Waals surface area contributed by atoms with Crippen molar-refractivity contribution in [3.8, 4) is 29.0 Å². The van der Waals surface area contributed by atoms with Crippen LogP contribution in [0.25, 0.3) is 58.8 Å². The molecule has 0 aliphatic rings.